The number of amides is 1. The Balaban J connectivity index is 0.00000243. The molecule has 0 saturated heterocycles. The van der Waals surface area contributed by atoms with Crippen LogP contribution < -0.4 is 15.8 Å². The van der Waals surface area contributed by atoms with E-state index in [1.807, 2.05) is 6.07 Å². The molecule has 26 heavy (non-hydrogen) atoms. The summed E-state index contributed by atoms with van der Waals surface area (Å²) in [5.41, 5.74) is 6.61. The number of rotatable bonds is 6. The maximum atomic E-state index is 12.4. The van der Waals surface area contributed by atoms with Gasteiger partial charge in [-0.1, -0.05) is 6.42 Å². The monoisotopic (exact) mass is 402 g/mol. The van der Waals surface area contributed by atoms with E-state index in [0.717, 1.165) is 29.7 Å². The predicted octanol–water partition coefficient (Wildman–Crippen LogP) is 4.30. The second-order valence-electron chi connectivity index (χ2n) is 6.07. The average molecular weight is 403 g/mol. The van der Waals surface area contributed by atoms with Crippen molar-refractivity contribution in [3.8, 4) is 16.2 Å². The lowest BCUT2D eigenvalue weighted by Gasteiger charge is -2.18. The van der Waals surface area contributed by atoms with Crippen LogP contribution in [-0.2, 0) is 0 Å². The van der Waals surface area contributed by atoms with Crippen molar-refractivity contribution < 1.29 is 18.3 Å². The lowest BCUT2D eigenvalue weighted by atomic mass is 10.0. The zero-order valence-electron chi connectivity index (χ0n) is 14.0. The Morgan fingerprint density at radius 1 is 1.23 bits per heavy atom. The van der Waals surface area contributed by atoms with Gasteiger partial charge in [-0.15, -0.1) is 23.7 Å². The topological polar surface area (TPSA) is 64.3 Å². The zero-order chi connectivity index (χ0) is 17.8. The number of hydrogen-bond donors (Lipinski definition) is 2. The Kier molecular flexibility index (Phi) is 7.37. The Morgan fingerprint density at radius 3 is 2.62 bits per heavy atom. The first-order valence-corrected chi connectivity index (χ1v) is 9.04. The average Bonchev–Trinajstić information content (AvgIpc) is 3.24. The maximum Gasteiger partial charge on any atom is 0.387 e. The third-order valence-electron chi connectivity index (χ3n) is 4.47. The number of nitrogens with two attached hydrogens (primary N) is 1. The largest absolute Gasteiger partial charge is 0.435 e. The van der Waals surface area contributed by atoms with Gasteiger partial charge in [-0.2, -0.15) is 8.78 Å². The summed E-state index contributed by atoms with van der Waals surface area (Å²) in [7, 11) is 0. The molecule has 1 aliphatic rings. The molecule has 8 heteroatoms. The van der Waals surface area contributed by atoms with E-state index in [-0.39, 0.29) is 30.1 Å². The fraction of sp³-hybridized carbons (Fsp3) is 0.389. The molecule has 0 aliphatic heterocycles. The molecule has 4 nitrogen and oxygen atoms in total. The first-order chi connectivity index (χ1) is 12.1. The lowest BCUT2D eigenvalue weighted by Crippen LogP contribution is -2.39. The smallest absolute Gasteiger partial charge is 0.387 e. The number of ether oxygens (including phenoxy) is 1. The summed E-state index contributed by atoms with van der Waals surface area (Å²) >= 11 is 1.37. The first kappa shape index (κ1) is 20.6. The summed E-state index contributed by atoms with van der Waals surface area (Å²) in [6, 6.07) is 10.2. The number of alkyl halides is 2. The minimum absolute atomic E-state index is 0. The first-order valence-electron chi connectivity index (χ1n) is 8.23. The molecule has 3 rings (SSSR count). The second kappa shape index (κ2) is 9.30. The minimum atomic E-state index is -2.84. The Hall–Kier alpha value is -1.70. The van der Waals surface area contributed by atoms with Gasteiger partial charge in [0, 0.05) is 10.9 Å². The third-order valence-corrected chi connectivity index (χ3v) is 5.61. The molecule has 0 spiro atoms. The van der Waals surface area contributed by atoms with Crippen LogP contribution in [0.4, 0.5) is 8.78 Å². The standard InChI is InChI=1S/C18H20F2N2O2S.ClH/c19-18(20)24-13-6-4-11(5-7-13)15-8-9-16(25-15)17(23)22-14-3-1-2-12(14)10-21;/h4-9,12,14,18H,1-3,10,21H2,(H,22,23);1H. The molecular formula is C18H21ClF2N2O2S. The SMILES string of the molecule is Cl.NCC1CCCC1NC(=O)c1ccc(-c2ccc(OC(F)F)cc2)s1. The Morgan fingerprint density at radius 2 is 1.96 bits per heavy atom. The molecule has 1 saturated carbocycles. The van der Waals surface area contributed by atoms with Crippen molar-refractivity contribution in [2.75, 3.05) is 6.54 Å². The van der Waals surface area contributed by atoms with Gasteiger partial charge in [0.15, 0.2) is 0 Å². The molecule has 2 atom stereocenters. The highest BCUT2D eigenvalue weighted by Gasteiger charge is 2.27. The van der Waals surface area contributed by atoms with Gasteiger partial charge in [-0.25, -0.2) is 0 Å². The van der Waals surface area contributed by atoms with E-state index >= 15 is 0 Å². The fourth-order valence-electron chi connectivity index (χ4n) is 3.16. The zero-order valence-corrected chi connectivity index (χ0v) is 15.6. The number of carbonyl (C=O) groups excluding carboxylic acids is 1. The molecule has 1 aromatic carbocycles. The highest BCUT2D eigenvalue weighted by atomic mass is 35.5. The molecule has 0 radical (unpaired) electrons. The molecule has 0 bridgehead atoms. The summed E-state index contributed by atoms with van der Waals surface area (Å²) in [5.74, 6) is 0.382. The van der Waals surface area contributed by atoms with Gasteiger partial charge in [0.05, 0.1) is 4.88 Å². The van der Waals surface area contributed by atoms with Crippen molar-refractivity contribution in [3.63, 3.8) is 0 Å². The maximum absolute atomic E-state index is 12.4. The van der Waals surface area contributed by atoms with Gasteiger partial charge in [0.25, 0.3) is 5.91 Å². The van der Waals surface area contributed by atoms with Crippen LogP contribution in [0.5, 0.6) is 5.75 Å². The molecule has 1 heterocycles. The molecule has 1 fully saturated rings. The van der Waals surface area contributed by atoms with Crippen molar-refractivity contribution >= 4 is 29.7 Å². The summed E-state index contributed by atoms with van der Waals surface area (Å²) < 4.78 is 28.7. The van der Waals surface area contributed by atoms with Crippen LogP contribution in [0.2, 0.25) is 0 Å². The number of carbonyl (C=O) groups is 1. The molecule has 1 aliphatic carbocycles. The van der Waals surface area contributed by atoms with Crippen LogP contribution in [0.15, 0.2) is 36.4 Å². The van der Waals surface area contributed by atoms with Crippen LogP contribution in [0.1, 0.15) is 28.9 Å². The van der Waals surface area contributed by atoms with Gasteiger partial charge in [0.1, 0.15) is 5.75 Å². The third kappa shape index (κ3) is 4.93. The van der Waals surface area contributed by atoms with Crippen molar-refractivity contribution in [1.29, 1.82) is 0 Å². The second-order valence-corrected chi connectivity index (χ2v) is 7.16. The molecule has 142 valence electrons. The number of hydrogen-bond acceptors (Lipinski definition) is 4. The van der Waals surface area contributed by atoms with Crippen LogP contribution in [0.25, 0.3) is 10.4 Å². The number of nitrogens with one attached hydrogen (secondary N) is 1. The van der Waals surface area contributed by atoms with E-state index in [9.17, 15) is 13.6 Å². The minimum Gasteiger partial charge on any atom is -0.435 e. The fourth-order valence-corrected chi connectivity index (χ4v) is 4.08. The van der Waals surface area contributed by atoms with Gasteiger partial charge in [-0.05, 0) is 67.3 Å². The lowest BCUT2D eigenvalue weighted by molar-refractivity contribution is -0.0498. The highest BCUT2D eigenvalue weighted by Crippen LogP contribution is 2.31. The van der Waals surface area contributed by atoms with Gasteiger partial charge < -0.3 is 15.8 Å². The summed E-state index contributed by atoms with van der Waals surface area (Å²) in [6.07, 6.45) is 3.12. The summed E-state index contributed by atoms with van der Waals surface area (Å²) in [5, 5.41) is 3.08. The molecule has 1 aromatic heterocycles. The Labute approximate surface area is 161 Å². The van der Waals surface area contributed by atoms with E-state index in [1.165, 1.54) is 23.5 Å². The highest BCUT2D eigenvalue weighted by molar-refractivity contribution is 7.17. The summed E-state index contributed by atoms with van der Waals surface area (Å²) in [4.78, 5) is 14.0. The van der Waals surface area contributed by atoms with Crippen LogP contribution in [-0.4, -0.2) is 25.1 Å². The van der Waals surface area contributed by atoms with Crippen molar-refractivity contribution in [2.45, 2.75) is 31.9 Å². The van der Waals surface area contributed by atoms with E-state index in [1.54, 1.807) is 18.2 Å². The molecule has 1 amide bonds. The van der Waals surface area contributed by atoms with Crippen LogP contribution in [0.3, 0.4) is 0 Å². The van der Waals surface area contributed by atoms with E-state index in [0.29, 0.717) is 17.3 Å². The quantitative estimate of drug-likeness (QED) is 0.757. The van der Waals surface area contributed by atoms with E-state index in [4.69, 9.17) is 5.73 Å². The number of thiophene rings is 1. The van der Waals surface area contributed by atoms with E-state index < -0.39 is 6.61 Å². The van der Waals surface area contributed by atoms with Gasteiger partial charge >= 0.3 is 6.61 Å². The van der Waals surface area contributed by atoms with Gasteiger partial charge in [-0.3, -0.25) is 4.79 Å². The van der Waals surface area contributed by atoms with Crippen LogP contribution in [0, 0.1) is 5.92 Å². The normalized spacial score (nSPS) is 19.2. The predicted molar refractivity (Wildman–Crippen MR) is 101 cm³/mol. The van der Waals surface area contributed by atoms with Crippen molar-refractivity contribution in [2.24, 2.45) is 11.7 Å². The Bertz CT molecular complexity index is 724. The van der Waals surface area contributed by atoms with Crippen molar-refractivity contribution in [3.05, 3.63) is 41.3 Å². The molecule has 2 aromatic rings. The van der Waals surface area contributed by atoms with Crippen LogP contribution >= 0.6 is 23.7 Å². The molecule has 2 unspecified atom stereocenters. The van der Waals surface area contributed by atoms with Gasteiger partial charge in [0.2, 0.25) is 0 Å². The molecule has 3 N–H and O–H groups in total. The summed E-state index contributed by atoms with van der Waals surface area (Å²) in [6.45, 7) is -2.25. The molecular weight excluding hydrogens is 382 g/mol. The van der Waals surface area contributed by atoms with E-state index in [2.05, 4.69) is 10.1 Å². The van der Waals surface area contributed by atoms with Crippen molar-refractivity contribution in [1.82, 2.24) is 5.32 Å². The number of halogens is 3. The number of benzene rings is 1.